The summed E-state index contributed by atoms with van der Waals surface area (Å²) in [4.78, 5) is 11.6. The lowest BCUT2D eigenvalue weighted by Gasteiger charge is -2.16. The number of nitrogens with two attached hydrogens (primary N) is 1. The molecule has 3 nitrogen and oxygen atoms in total. The average Bonchev–Trinajstić information content (AvgIpc) is 2.36. The van der Waals surface area contributed by atoms with Crippen LogP contribution in [-0.2, 0) is 4.79 Å². The van der Waals surface area contributed by atoms with Crippen LogP contribution in [0.4, 0.5) is 0 Å². The van der Waals surface area contributed by atoms with Crippen molar-refractivity contribution < 1.29 is 4.79 Å². The summed E-state index contributed by atoms with van der Waals surface area (Å²) < 4.78 is 0. The van der Waals surface area contributed by atoms with Crippen LogP contribution in [0.2, 0.25) is 0 Å². The molecule has 0 aliphatic carbocycles. The van der Waals surface area contributed by atoms with Gasteiger partial charge in [0.25, 0.3) is 0 Å². The normalized spacial score (nSPS) is 11.6. The molecular weight excluding hydrogens is 224 g/mol. The third kappa shape index (κ3) is 4.23. The van der Waals surface area contributed by atoms with Gasteiger partial charge in [-0.05, 0) is 24.6 Å². The van der Waals surface area contributed by atoms with E-state index in [2.05, 4.69) is 17.2 Å². The molecule has 3 N–H and O–H groups in total. The molecule has 0 heterocycles. The average molecular weight is 244 g/mol. The van der Waals surface area contributed by atoms with E-state index in [1.807, 2.05) is 45.0 Å². The molecule has 1 unspecified atom stereocenters. The molecule has 0 saturated heterocycles. The van der Waals surface area contributed by atoms with Crippen LogP contribution in [0.3, 0.4) is 0 Å². The summed E-state index contributed by atoms with van der Waals surface area (Å²) in [5, 5.41) is 2.96. The van der Waals surface area contributed by atoms with E-state index in [0.717, 1.165) is 11.1 Å². The maximum absolute atomic E-state index is 11.6. The first-order chi connectivity index (χ1) is 8.54. The fourth-order valence-electron chi connectivity index (χ4n) is 1.47. The summed E-state index contributed by atoms with van der Waals surface area (Å²) in [6.07, 6.45) is 0. The van der Waals surface area contributed by atoms with Crippen LogP contribution in [0, 0.1) is 17.8 Å². The van der Waals surface area contributed by atoms with Crippen molar-refractivity contribution in [1.82, 2.24) is 5.32 Å². The molecule has 0 radical (unpaired) electrons. The molecule has 0 fully saturated rings. The molecular formula is C15H20N2O. The van der Waals surface area contributed by atoms with Crippen LogP contribution < -0.4 is 11.1 Å². The number of amides is 1. The monoisotopic (exact) mass is 244 g/mol. The van der Waals surface area contributed by atoms with Crippen LogP contribution in [0.15, 0.2) is 24.3 Å². The van der Waals surface area contributed by atoms with E-state index in [-0.39, 0.29) is 17.9 Å². The molecule has 0 bridgehead atoms. The Hall–Kier alpha value is -1.79. The molecule has 18 heavy (non-hydrogen) atoms. The second-order valence-electron chi connectivity index (χ2n) is 4.51. The Kier molecular flexibility index (Phi) is 5.41. The number of carbonyl (C=O) groups excluding carboxylic acids is 1. The molecule has 1 atom stereocenters. The molecule has 1 amide bonds. The first-order valence-electron chi connectivity index (χ1n) is 6.14. The van der Waals surface area contributed by atoms with Crippen LogP contribution in [0.25, 0.3) is 0 Å². The van der Waals surface area contributed by atoms with Gasteiger partial charge in [0.1, 0.15) is 0 Å². The third-order valence-corrected chi connectivity index (χ3v) is 2.63. The molecule has 1 aromatic rings. The summed E-state index contributed by atoms with van der Waals surface area (Å²) in [5.74, 6) is 5.84. The number of benzene rings is 1. The van der Waals surface area contributed by atoms with Gasteiger partial charge in [0.15, 0.2) is 0 Å². The third-order valence-electron chi connectivity index (χ3n) is 2.63. The molecule has 0 aromatic heterocycles. The summed E-state index contributed by atoms with van der Waals surface area (Å²) in [6.45, 7) is 6.10. The number of nitrogens with one attached hydrogen (secondary N) is 1. The number of hydrogen-bond acceptors (Lipinski definition) is 2. The minimum atomic E-state index is 0.00199. The molecule has 0 aliphatic rings. The van der Waals surface area contributed by atoms with E-state index in [9.17, 15) is 4.79 Å². The Labute approximate surface area is 109 Å². The highest BCUT2D eigenvalue weighted by Crippen LogP contribution is 2.13. The van der Waals surface area contributed by atoms with Gasteiger partial charge >= 0.3 is 0 Å². The molecule has 1 aromatic carbocycles. The van der Waals surface area contributed by atoms with Crippen molar-refractivity contribution in [3.8, 4) is 11.8 Å². The van der Waals surface area contributed by atoms with E-state index < -0.39 is 0 Å². The van der Waals surface area contributed by atoms with Gasteiger partial charge in [0, 0.05) is 11.5 Å². The molecule has 0 spiro atoms. The predicted octanol–water partition coefficient (Wildman–Crippen LogP) is 1.83. The Morgan fingerprint density at radius 1 is 1.28 bits per heavy atom. The lowest BCUT2D eigenvalue weighted by molar-refractivity contribution is -0.124. The van der Waals surface area contributed by atoms with Gasteiger partial charge in [-0.15, -0.1) is 0 Å². The lowest BCUT2D eigenvalue weighted by Crippen LogP contribution is -2.30. The summed E-state index contributed by atoms with van der Waals surface area (Å²) in [7, 11) is 0. The van der Waals surface area contributed by atoms with Gasteiger partial charge < -0.3 is 11.1 Å². The SMILES string of the molecule is CC(C)C(=O)NC(C)c1ccc(C#CCN)cc1. The Bertz CT molecular complexity index is 452. The van der Waals surface area contributed by atoms with Crippen LogP contribution >= 0.6 is 0 Å². The van der Waals surface area contributed by atoms with Gasteiger partial charge in [0.05, 0.1) is 12.6 Å². The van der Waals surface area contributed by atoms with Gasteiger partial charge in [0.2, 0.25) is 5.91 Å². The molecule has 96 valence electrons. The molecule has 3 heteroatoms. The minimum Gasteiger partial charge on any atom is -0.349 e. The second kappa shape index (κ2) is 6.83. The van der Waals surface area contributed by atoms with Crippen LogP contribution in [0.5, 0.6) is 0 Å². The van der Waals surface area contributed by atoms with Crippen molar-refractivity contribution in [2.45, 2.75) is 26.8 Å². The van der Waals surface area contributed by atoms with Crippen molar-refractivity contribution in [3.05, 3.63) is 35.4 Å². The van der Waals surface area contributed by atoms with Crippen molar-refractivity contribution in [1.29, 1.82) is 0 Å². The number of carbonyl (C=O) groups is 1. The maximum Gasteiger partial charge on any atom is 0.223 e. The van der Waals surface area contributed by atoms with Crippen molar-refractivity contribution >= 4 is 5.91 Å². The van der Waals surface area contributed by atoms with E-state index in [0.29, 0.717) is 6.54 Å². The molecule has 1 rings (SSSR count). The maximum atomic E-state index is 11.6. The number of rotatable bonds is 3. The zero-order valence-corrected chi connectivity index (χ0v) is 11.2. The Balaban J connectivity index is 2.70. The van der Waals surface area contributed by atoms with E-state index in [1.54, 1.807) is 0 Å². The zero-order valence-electron chi connectivity index (χ0n) is 11.2. The summed E-state index contributed by atoms with van der Waals surface area (Å²) in [6, 6.07) is 7.85. The zero-order chi connectivity index (χ0) is 13.5. The minimum absolute atomic E-state index is 0.00199. The van der Waals surface area contributed by atoms with Crippen LogP contribution in [0.1, 0.15) is 37.9 Å². The lowest BCUT2D eigenvalue weighted by atomic mass is 10.1. The first kappa shape index (κ1) is 14.3. The fraction of sp³-hybridized carbons (Fsp3) is 0.400. The smallest absolute Gasteiger partial charge is 0.223 e. The Morgan fingerprint density at radius 2 is 1.89 bits per heavy atom. The van der Waals surface area contributed by atoms with E-state index >= 15 is 0 Å². The van der Waals surface area contributed by atoms with Crippen molar-refractivity contribution in [2.75, 3.05) is 6.54 Å². The van der Waals surface area contributed by atoms with Gasteiger partial charge in [-0.25, -0.2) is 0 Å². The highest BCUT2D eigenvalue weighted by Gasteiger charge is 2.11. The standard InChI is InChI=1S/C15H20N2O/c1-11(2)15(18)17-12(3)14-8-6-13(7-9-14)5-4-10-16/h6-9,11-12H,10,16H2,1-3H3,(H,17,18). The molecule has 0 aliphatic heterocycles. The topological polar surface area (TPSA) is 55.1 Å². The Morgan fingerprint density at radius 3 is 2.39 bits per heavy atom. The van der Waals surface area contributed by atoms with Crippen LogP contribution in [-0.4, -0.2) is 12.5 Å². The predicted molar refractivity (Wildman–Crippen MR) is 73.8 cm³/mol. The quantitative estimate of drug-likeness (QED) is 0.797. The van der Waals surface area contributed by atoms with E-state index in [4.69, 9.17) is 5.73 Å². The van der Waals surface area contributed by atoms with Crippen molar-refractivity contribution in [3.63, 3.8) is 0 Å². The fourth-order valence-corrected chi connectivity index (χ4v) is 1.47. The van der Waals surface area contributed by atoms with Gasteiger partial charge in [-0.3, -0.25) is 4.79 Å². The number of hydrogen-bond donors (Lipinski definition) is 2. The highest BCUT2D eigenvalue weighted by atomic mass is 16.1. The van der Waals surface area contributed by atoms with Crippen molar-refractivity contribution in [2.24, 2.45) is 11.7 Å². The highest BCUT2D eigenvalue weighted by molar-refractivity contribution is 5.78. The van der Waals surface area contributed by atoms with E-state index in [1.165, 1.54) is 0 Å². The second-order valence-corrected chi connectivity index (χ2v) is 4.51. The largest absolute Gasteiger partial charge is 0.349 e. The van der Waals surface area contributed by atoms with Gasteiger partial charge in [-0.2, -0.15) is 0 Å². The summed E-state index contributed by atoms with van der Waals surface area (Å²) in [5.41, 5.74) is 7.32. The first-order valence-corrected chi connectivity index (χ1v) is 6.14. The van der Waals surface area contributed by atoms with Gasteiger partial charge in [-0.1, -0.05) is 37.8 Å². The molecule has 0 saturated carbocycles. The summed E-state index contributed by atoms with van der Waals surface area (Å²) >= 11 is 0.